The van der Waals surface area contributed by atoms with E-state index in [2.05, 4.69) is 26.0 Å². The largest absolute Gasteiger partial charge is 0.478 e. The molecule has 0 aliphatic rings. The number of benzene rings is 3. The molecule has 0 bridgehead atoms. The first-order chi connectivity index (χ1) is 11.6. The molecule has 0 aliphatic heterocycles. The molecule has 0 radical (unpaired) electrons. The maximum absolute atomic E-state index is 11.0. The average Bonchev–Trinajstić information content (AvgIpc) is 2.61. The van der Waals surface area contributed by atoms with Gasteiger partial charge in [-0.2, -0.15) is 0 Å². The van der Waals surface area contributed by atoms with E-state index in [-0.39, 0.29) is 5.56 Å². The van der Waals surface area contributed by atoms with Crippen molar-refractivity contribution >= 4 is 16.7 Å². The molecule has 3 aromatic rings. The van der Waals surface area contributed by atoms with E-state index in [1.165, 1.54) is 5.56 Å². The highest BCUT2D eigenvalue weighted by Crippen LogP contribution is 2.28. The lowest BCUT2D eigenvalue weighted by molar-refractivity contribution is 0.0697. The topological polar surface area (TPSA) is 46.5 Å². The minimum atomic E-state index is -0.918. The molecule has 0 spiro atoms. The van der Waals surface area contributed by atoms with Crippen molar-refractivity contribution in [3.8, 4) is 11.5 Å². The Balaban J connectivity index is 1.82. The van der Waals surface area contributed by atoms with Crippen LogP contribution in [0.4, 0.5) is 0 Å². The molecule has 3 rings (SSSR count). The number of rotatable bonds is 5. The predicted molar refractivity (Wildman–Crippen MR) is 96.1 cm³/mol. The van der Waals surface area contributed by atoms with Crippen LogP contribution in [0.15, 0.2) is 60.7 Å². The van der Waals surface area contributed by atoms with Crippen molar-refractivity contribution in [2.75, 3.05) is 0 Å². The summed E-state index contributed by atoms with van der Waals surface area (Å²) in [6, 6.07) is 18.9. The van der Waals surface area contributed by atoms with Crippen molar-refractivity contribution < 1.29 is 14.6 Å². The van der Waals surface area contributed by atoms with Crippen molar-refractivity contribution in [2.24, 2.45) is 0 Å². The van der Waals surface area contributed by atoms with Gasteiger partial charge in [-0.25, -0.2) is 4.79 Å². The van der Waals surface area contributed by atoms with E-state index in [1.807, 2.05) is 30.3 Å². The van der Waals surface area contributed by atoms with Crippen LogP contribution < -0.4 is 4.74 Å². The maximum atomic E-state index is 11.0. The summed E-state index contributed by atoms with van der Waals surface area (Å²) in [6.45, 7) is 4.39. The Labute approximate surface area is 141 Å². The maximum Gasteiger partial charge on any atom is 0.335 e. The molecule has 0 aromatic heterocycles. The van der Waals surface area contributed by atoms with Crippen LogP contribution in [-0.2, 0) is 0 Å². The Kier molecular flexibility index (Phi) is 4.52. The molecule has 122 valence electrons. The second kappa shape index (κ2) is 6.75. The van der Waals surface area contributed by atoms with Gasteiger partial charge in [-0.1, -0.05) is 38.1 Å². The van der Waals surface area contributed by atoms with Crippen molar-refractivity contribution in [3.63, 3.8) is 0 Å². The van der Waals surface area contributed by atoms with Gasteiger partial charge in [-0.3, -0.25) is 0 Å². The second-order valence-electron chi connectivity index (χ2n) is 6.01. The van der Waals surface area contributed by atoms with Gasteiger partial charge in [0, 0.05) is 0 Å². The van der Waals surface area contributed by atoms with Gasteiger partial charge >= 0.3 is 5.97 Å². The zero-order chi connectivity index (χ0) is 17.1. The van der Waals surface area contributed by atoms with Gasteiger partial charge in [-0.05, 0) is 65.1 Å². The summed E-state index contributed by atoms with van der Waals surface area (Å²) in [5.74, 6) is 1.16. The minimum absolute atomic E-state index is 0.289. The summed E-state index contributed by atoms with van der Waals surface area (Å²) >= 11 is 0. The van der Waals surface area contributed by atoms with Gasteiger partial charge in [0.1, 0.15) is 11.5 Å². The van der Waals surface area contributed by atoms with Crippen LogP contribution in [0.25, 0.3) is 10.8 Å². The van der Waals surface area contributed by atoms with E-state index < -0.39 is 5.97 Å². The zero-order valence-corrected chi connectivity index (χ0v) is 13.8. The van der Waals surface area contributed by atoms with E-state index in [0.29, 0.717) is 5.92 Å². The highest BCUT2D eigenvalue weighted by molar-refractivity contribution is 5.94. The Morgan fingerprint density at radius 1 is 0.958 bits per heavy atom. The molecule has 0 fully saturated rings. The molecule has 0 amide bonds. The molecule has 0 saturated heterocycles. The van der Waals surface area contributed by atoms with Crippen LogP contribution in [0.5, 0.6) is 11.5 Å². The molecule has 0 aliphatic carbocycles. The van der Waals surface area contributed by atoms with E-state index in [4.69, 9.17) is 9.84 Å². The SMILES string of the molecule is CCC(C)c1ccc(Oc2ccc3cc(C(=O)O)ccc3c2)cc1. The monoisotopic (exact) mass is 320 g/mol. The molecular formula is C21H20O3. The summed E-state index contributed by atoms with van der Waals surface area (Å²) < 4.78 is 5.92. The highest BCUT2D eigenvalue weighted by Gasteiger charge is 2.06. The number of fused-ring (bicyclic) bond motifs is 1. The average molecular weight is 320 g/mol. The number of aromatic carboxylic acids is 1. The first kappa shape index (κ1) is 16.1. The van der Waals surface area contributed by atoms with E-state index >= 15 is 0 Å². The van der Waals surface area contributed by atoms with Gasteiger partial charge in [0.25, 0.3) is 0 Å². The Hall–Kier alpha value is -2.81. The molecular weight excluding hydrogens is 300 g/mol. The van der Waals surface area contributed by atoms with Crippen LogP contribution in [0, 0.1) is 0 Å². The third kappa shape index (κ3) is 3.40. The van der Waals surface area contributed by atoms with Gasteiger partial charge in [0.05, 0.1) is 5.56 Å². The summed E-state index contributed by atoms with van der Waals surface area (Å²) in [4.78, 5) is 11.0. The number of carbonyl (C=O) groups is 1. The van der Waals surface area contributed by atoms with E-state index in [0.717, 1.165) is 28.7 Å². The molecule has 24 heavy (non-hydrogen) atoms. The smallest absolute Gasteiger partial charge is 0.335 e. The van der Waals surface area contributed by atoms with Crippen LogP contribution in [0.2, 0.25) is 0 Å². The zero-order valence-electron chi connectivity index (χ0n) is 13.8. The number of carboxylic acids is 1. The molecule has 3 heteroatoms. The third-order valence-electron chi connectivity index (χ3n) is 4.36. The molecule has 0 heterocycles. The summed E-state index contributed by atoms with van der Waals surface area (Å²) in [5, 5.41) is 10.9. The van der Waals surface area contributed by atoms with Gasteiger partial charge in [0.15, 0.2) is 0 Å². The molecule has 1 unspecified atom stereocenters. The molecule has 1 atom stereocenters. The lowest BCUT2D eigenvalue weighted by atomic mass is 9.99. The Morgan fingerprint density at radius 3 is 2.25 bits per heavy atom. The molecule has 3 aromatic carbocycles. The molecule has 0 saturated carbocycles. The number of hydrogen-bond donors (Lipinski definition) is 1. The van der Waals surface area contributed by atoms with Gasteiger partial charge in [-0.15, -0.1) is 0 Å². The fourth-order valence-electron chi connectivity index (χ4n) is 2.66. The third-order valence-corrected chi connectivity index (χ3v) is 4.36. The van der Waals surface area contributed by atoms with Crippen molar-refractivity contribution in [2.45, 2.75) is 26.2 Å². The standard InChI is InChI=1S/C21H20O3/c1-3-14(2)15-6-9-19(10-7-15)24-20-11-8-16-12-18(21(22)23)5-4-17(16)13-20/h4-14H,3H2,1-2H3,(H,22,23). The molecule has 1 N–H and O–H groups in total. The summed E-state index contributed by atoms with van der Waals surface area (Å²) in [6.07, 6.45) is 1.11. The van der Waals surface area contributed by atoms with Gasteiger partial charge < -0.3 is 9.84 Å². The summed E-state index contributed by atoms with van der Waals surface area (Å²) in [5.41, 5.74) is 1.60. The van der Waals surface area contributed by atoms with E-state index in [9.17, 15) is 4.79 Å². The van der Waals surface area contributed by atoms with Crippen LogP contribution in [-0.4, -0.2) is 11.1 Å². The van der Waals surface area contributed by atoms with E-state index in [1.54, 1.807) is 18.2 Å². The normalized spacial score (nSPS) is 12.1. The van der Waals surface area contributed by atoms with Crippen LogP contribution in [0.1, 0.15) is 42.1 Å². The van der Waals surface area contributed by atoms with Crippen molar-refractivity contribution in [1.82, 2.24) is 0 Å². The fourth-order valence-corrected chi connectivity index (χ4v) is 2.66. The first-order valence-corrected chi connectivity index (χ1v) is 8.11. The number of carboxylic acid groups (broad SMARTS) is 1. The van der Waals surface area contributed by atoms with Gasteiger partial charge in [0.2, 0.25) is 0 Å². The fraction of sp³-hybridized carbons (Fsp3) is 0.190. The van der Waals surface area contributed by atoms with Crippen LogP contribution >= 0.6 is 0 Å². The Morgan fingerprint density at radius 2 is 1.58 bits per heavy atom. The van der Waals surface area contributed by atoms with Crippen molar-refractivity contribution in [1.29, 1.82) is 0 Å². The highest BCUT2D eigenvalue weighted by atomic mass is 16.5. The lowest BCUT2D eigenvalue weighted by Gasteiger charge is -2.11. The predicted octanol–water partition coefficient (Wildman–Crippen LogP) is 5.84. The Bertz CT molecular complexity index is 866. The first-order valence-electron chi connectivity index (χ1n) is 8.11. The van der Waals surface area contributed by atoms with Crippen molar-refractivity contribution in [3.05, 3.63) is 71.8 Å². The van der Waals surface area contributed by atoms with Crippen LogP contribution in [0.3, 0.4) is 0 Å². The lowest BCUT2D eigenvalue weighted by Crippen LogP contribution is -1.95. The molecule has 3 nitrogen and oxygen atoms in total. The second-order valence-corrected chi connectivity index (χ2v) is 6.01. The summed E-state index contributed by atoms with van der Waals surface area (Å²) in [7, 11) is 0. The minimum Gasteiger partial charge on any atom is -0.478 e. The quantitative estimate of drug-likeness (QED) is 0.642. The number of hydrogen-bond acceptors (Lipinski definition) is 2. The number of ether oxygens (including phenoxy) is 1.